The molecular formula is C14H14ClNO3. The van der Waals surface area contributed by atoms with Crippen LogP contribution in [0.1, 0.15) is 11.1 Å². The second-order valence-electron chi connectivity index (χ2n) is 4.23. The van der Waals surface area contributed by atoms with Crippen LogP contribution < -0.4 is 5.32 Å². The largest absolute Gasteiger partial charge is 0.504 e. The Kier molecular flexibility index (Phi) is 3.71. The van der Waals surface area contributed by atoms with E-state index in [2.05, 4.69) is 5.32 Å². The maximum absolute atomic E-state index is 9.71. The van der Waals surface area contributed by atoms with E-state index in [1.54, 1.807) is 6.07 Å². The molecule has 0 spiro atoms. The molecule has 0 aliphatic rings. The quantitative estimate of drug-likeness (QED) is 0.650. The number of phenols is 3. The second kappa shape index (κ2) is 5.28. The Balaban J connectivity index is 2.22. The van der Waals surface area contributed by atoms with Crippen molar-refractivity contribution in [3.63, 3.8) is 0 Å². The zero-order chi connectivity index (χ0) is 14.0. The number of benzene rings is 2. The predicted molar refractivity (Wildman–Crippen MR) is 75.0 cm³/mol. The third kappa shape index (κ3) is 2.69. The number of anilines is 1. The van der Waals surface area contributed by atoms with Gasteiger partial charge in [-0.05, 0) is 30.7 Å². The monoisotopic (exact) mass is 279 g/mol. The van der Waals surface area contributed by atoms with E-state index in [1.807, 2.05) is 19.1 Å². The molecule has 0 radical (unpaired) electrons. The molecular weight excluding hydrogens is 266 g/mol. The molecule has 0 aliphatic heterocycles. The van der Waals surface area contributed by atoms with E-state index in [1.165, 1.54) is 12.1 Å². The van der Waals surface area contributed by atoms with Crippen LogP contribution in [0.2, 0.25) is 5.02 Å². The van der Waals surface area contributed by atoms with Crippen LogP contribution in [0, 0.1) is 6.92 Å². The fourth-order valence-corrected chi connectivity index (χ4v) is 2.08. The number of para-hydroxylation sites is 1. The molecule has 0 atom stereocenters. The van der Waals surface area contributed by atoms with Gasteiger partial charge in [0.1, 0.15) is 0 Å². The highest BCUT2D eigenvalue weighted by molar-refractivity contribution is 6.33. The topological polar surface area (TPSA) is 72.7 Å². The molecule has 5 heteroatoms. The highest BCUT2D eigenvalue weighted by atomic mass is 35.5. The molecule has 0 heterocycles. The number of phenolic OH excluding ortho intramolecular Hbond substituents is 3. The van der Waals surface area contributed by atoms with Crippen LogP contribution in [0.25, 0.3) is 0 Å². The summed E-state index contributed by atoms with van der Waals surface area (Å²) in [6.07, 6.45) is 0. The Hall–Kier alpha value is -2.07. The molecule has 4 nitrogen and oxygen atoms in total. The van der Waals surface area contributed by atoms with Crippen LogP contribution in [0.4, 0.5) is 5.69 Å². The van der Waals surface area contributed by atoms with Gasteiger partial charge in [0.25, 0.3) is 0 Å². The molecule has 0 unspecified atom stereocenters. The standard InChI is InChI=1S/C14H14ClNO3/c1-8-3-2-4-10(15)12(8)16-7-9-5-6-11(17)14(19)13(9)18/h2-6,16-19H,7H2,1H3. The highest BCUT2D eigenvalue weighted by Crippen LogP contribution is 2.37. The zero-order valence-corrected chi connectivity index (χ0v) is 11.1. The summed E-state index contributed by atoms with van der Waals surface area (Å²) < 4.78 is 0. The molecule has 2 rings (SSSR count). The lowest BCUT2D eigenvalue weighted by molar-refractivity contribution is 0.365. The maximum atomic E-state index is 9.71. The van der Waals surface area contributed by atoms with Gasteiger partial charge in [0, 0.05) is 12.1 Å². The Morgan fingerprint density at radius 3 is 2.47 bits per heavy atom. The molecule has 0 aromatic heterocycles. The summed E-state index contributed by atoms with van der Waals surface area (Å²) in [4.78, 5) is 0. The average Bonchev–Trinajstić information content (AvgIpc) is 2.38. The first-order valence-electron chi connectivity index (χ1n) is 5.72. The molecule has 0 amide bonds. The molecule has 0 fully saturated rings. The van der Waals surface area contributed by atoms with Gasteiger partial charge in [-0.1, -0.05) is 23.7 Å². The fourth-order valence-electron chi connectivity index (χ4n) is 1.79. The number of halogens is 1. The molecule has 19 heavy (non-hydrogen) atoms. The summed E-state index contributed by atoms with van der Waals surface area (Å²) in [7, 11) is 0. The van der Waals surface area contributed by atoms with E-state index in [0.717, 1.165) is 11.3 Å². The van der Waals surface area contributed by atoms with E-state index in [4.69, 9.17) is 11.6 Å². The lowest BCUT2D eigenvalue weighted by Crippen LogP contribution is -2.02. The molecule has 2 aromatic carbocycles. The van der Waals surface area contributed by atoms with Crippen molar-refractivity contribution >= 4 is 17.3 Å². The fraction of sp³-hybridized carbons (Fsp3) is 0.143. The molecule has 2 aromatic rings. The number of aromatic hydroxyl groups is 3. The highest BCUT2D eigenvalue weighted by Gasteiger charge is 2.11. The minimum Gasteiger partial charge on any atom is -0.504 e. The number of hydrogen-bond donors (Lipinski definition) is 4. The summed E-state index contributed by atoms with van der Waals surface area (Å²) in [6, 6.07) is 8.40. The summed E-state index contributed by atoms with van der Waals surface area (Å²) in [5.74, 6) is -1.21. The first-order chi connectivity index (χ1) is 9.00. The van der Waals surface area contributed by atoms with E-state index in [9.17, 15) is 15.3 Å². The number of nitrogens with one attached hydrogen (secondary N) is 1. The van der Waals surface area contributed by atoms with Gasteiger partial charge in [0.05, 0.1) is 10.7 Å². The number of rotatable bonds is 3. The van der Waals surface area contributed by atoms with E-state index >= 15 is 0 Å². The first-order valence-corrected chi connectivity index (χ1v) is 6.10. The van der Waals surface area contributed by atoms with Crippen LogP contribution in [-0.4, -0.2) is 15.3 Å². The predicted octanol–water partition coefficient (Wildman–Crippen LogP) is 3.38. The number of aryl methyl sites for hydroxylation is 1. The van der Waals surface area contributed by atoms with Gasteiger partial charge in [0.15, 0.2) is 11.5 Å². The molecule has 100 valence electrons. The zero-order valence-electron chi connectivity index (χ0n) is 10.3. The van der Waals surface area contributed by atoms with Gasteiger partial charge in [0.2, 0.25) is 5.75 Å². The van der Waals surface area contributed by atoms with Crippen molar-refractivity contribution in [3.05, 3.63) is 46.5 Å². The molecule has 0 aliphatic carbocycles. The Labute approximate surface area is 115 Å². The molecule has 0 saturated heterocycles. The van der Waals surface area contributed by atoms with Gasteiger partial charge in [-0.3, -0.25) is 0 Å². The minimum atomic E-state index is -0.518. The van der Waals surface area contributed by atoms with Gasteiger partial charge in [-0.2, -0.15) is 0 Å². The second-order valence-corrected chi connectivity index (χ2v) is 4.63. The molecule has 0 bridgehead atoms. The van der Waals surface area contributed by atoms with Crippen LogP contribution in [0.5, 0.6) is 17.2 Å². The van der Waals surface area contributed by atoms with Gasteiger partial charge < -0.3 is 20.6 Å². The van der Waals surface area contributed by atoms with Crippen LogP contribution in [0.3, 0.4) is 0 Å². The van der Waals surface area contributed by atoms with Crippen molar-refractivity contribution in [2.45, 2.75) is 13.5 Å². The van der Waals surface area contributed by atoms with Crippen molar-refractivity contribution in [1.29, 1.82) is 0 Å². The summed E-state index contributed by atoms with van der Waals surface area (Å²) in [5, 5.41) is 32.1. The van der Waals surface area contributed by atoms with Crippen molar-refractivity contribution in [2.24, 2.45) is 0 Å². The summed E-state index contributed by atoms with van der Waals surface area (Å²) in [5.41, 5.74) is 2.22. The minimum absolute atomic E-state index is 0.282. The molecule has 4 N–H and O–H groups in total. The first kappa shape index (κ1) is 13.4. The van der Waals surface area contributed by atoms with E-state index in [0.29, 0.717) is 10.6 Å². The number of hydrogen-bond acceptors (Lipinski definition) is 4. The lowest BCUT2D eigenvalue weighted by atomic mass is 10.1. The SMILES string of the molecule is Cc1cccc(Cl)c1NCc1ccc(O)c(O)c1O. The maximum Gasteiger partial charge on any atom is 0.200 e. The van der Waals surface area contributed by atoms with Gasteiger partial charge in [-0.25, -0.2) is 0 Å². The lowest BCUT2D eigenvalue weighted by Gasteiger charge is -2.13. The van der Waals surface area contributed by atoms with Gasteiger partial charge >= 0.3 is 0 Å². The smallest absolute Gasteiger partial charge is 0.200 e. The van der Waals surface area contributed by atoms with Crippen molar-refractivity contribution < 1.29 is 15.3 Å². The van der Waals surface area contributed by atoms with Crippen LogP contribution in [0.15, 0.2) is 30.3 Å². The van der Waals surface area contributed by atoms with Gasteiger partial charge in [-0.15, -0.1) is 0 Å². The van der Waals surface area contributed by atoms with Crippen molar-refractivity contribution in [3.8, 4) is 17.2 Å². The third-order valence-corrected chi connectivity index (χ3v) is 3.21. The van der Waals surface area contributed by atoms with Crippen molar-refractivity contribution in [1.82, 2.24) is 0 Å². The van der Waals surface area contributed by atoms with Crippen LogP contribution in [-0.2, 0) is 6.54 Å². The Morgan fingerprint density at radius 2 is 1.79 bits per heavy atom. The summed E-state index contributed by atoms with van der Waals surface area (Å²) >= 11 is 6.08. The Morgan fingerprint density at radius 1 is 1.05 bits per heavy atom. The van der Waals surface area contributed by atoms with Crippen molar-refractivity contribution in [2.75, 3.05) is 5.32 Å². The average molecular weight is 280 g/mol. The third-order valence-electron chi connectivity index (χ3n) is 2.89. The molecule has 0 saturated carbocycles. The normalized spacial score (nSPS) is 10.4. The van der Waals surface area contributed by atoms with Crippen LogP contribution >= 0.6 is 11.6 Å². The van der Waals surface area contributed by atoms with E-state index < -0.39 is 5.75 Å². The Bertz CT molecular complexity index is 594. The van der Waals surface area contributed by atoms with E-state index in [-0.39, 0.29) is 18.0 Å². The summed E-state index contributed by atoms with van der Waals surface area (Å²) in [6.45, 7) is 2.20.